The number of aryl methyl sites for hydroxylation is 3. The van der Waals surface area contributed by atoms with Gasteiger partial charge in [0.25, 0.3) is 11.8 Å². The predicted molar refractivity (Wildman–Crippen MR) is 141 cm³/mol. The predicted octanol–water partition coefficient (Wildman–Crippen LogP) is 3.64. The van der Waals surface area contributed by atoms with Crippen LogP contribution in [0.1, 0.15) is 46.3 Å². The molecule has 4 amide bonds. The number of piperidine rings is 1. The molecule has 2 aliphatic rings. The maximum Gasteiger partial charge on any atom is 0.325 e. The van der Waals surface area contributed by atoms with Crippen molar-refractivity contribution in [3.05, 3.63) is 70.8 Å². The molecule has 192 valence electrons. The average molecular weight is 491 g/mol. The van der Waals surface area contributed by atoms with Crippen molar-refractivity contribution in [1.29, 1.82) is 0 Å². The summed E-state index contributed by atoms with van der Waals surface area (Å²) in [6, 6.07) is 15.8. The fraction of sp³-hybridized carbons (Fsp3) is 0.483. The first-order valence-corrected chi connectivity index (χ1v) is 12.9. The van der Waals surface area contributed by atoms with E-state index in [-0.39, 0.29) is 23.8 Å². The Kier molecular flexibility index (Phi) is 7.79. The second kappa shape index (κ2) is 10.8. The van der Waals surface area contributed by atoms with Crippen LogP contribution >= 0.6 is 0 Å². The Labute approximate surface area is 214 Å². The van der Waals surface area contributed by atoms with Gasteiger partial charge in [-0.25, -0.2) is 4.79 Å². The van der Waals surface area contributed by atoms with Crippen molar-refractivity contribution in [3.63, 3.8) is 0 Å². The van der Waals surface area contributed by atoms with Crippen molar-refractivity contribution >= 4 is 17.8 Å². The molecule has 1 atom stereocenters. The van der Waals surface area contributed by atoms with Gasteiger partial charge in [0, 0.05) is 31.7 Å². The van der Waals surface area contributed by atoms with Gasteiger partial charge in [-0.05, 0) is 76.7 Å². The van der Waals surface area contributed by atoms with Crippen molar-refractivity contribution in [3.8, 4) is 0 Å². The zero-order valence-electron chi connectivity index (χ0n) is 21.9. The monoisotopic (exact) mass is 490 g/mol. The number of urea groups is 1. The lowest BCUT2D eigenvalue weighted by Crippen LogP contribution is -2.57. The molecule has 1 N–H and O–H groups in total. The summed E-state index contributed by atoms with van der Waals surface area (Å²) in [6.45, 7) is 6.10. The number of nitrogens with one attached hydrogen (secondary N) is 1. The van der Waals surface area contributed by atoms with Gasteiger partial charge < -0.3 is 15.1 Å². The average Bonchev–Trinajstić information content (AvgIpc) is 3.12. The molecule has 36 heavy (non-hydrogen) atoms. The van der Waals surface area contributed by atoms with Crippen LogP contribution in [0.2, 0.25) is 0 Å². The number of benzene rings is 2. The van der Waals surface area contributed by atoms with Gasteiger partial charge in [0.15, 0.2) is 0 Å². The Balaban J connectivity index is 1.52. The van der Waals surface area contributed by atoms with Crippen molar-refractivity contribution in [2.24, 2.45) is 5.92 Å². The molecule has 2 saturated heterocycles. The molecule has 7 heteroatoms. The Morgan fingerprint density at radius 2 is 1.75 bits per heavy atom. The van der Waals surface area contributed by atoms with Gasteiger partial charge in [-0.3, -0.25) is 14.5 Å². The van der Waals surface area contributed by atoms with E-state index < -0.39 is 5.54 Å². The summed E-state index contributed by atoms with van der Waals surface area (Å²) >= 11 is 0. The smallest absolute Gasteiger partial charge is 0.325 e. The van der Waals surface area contributed by atoms with Crippen LogP contribution in [0.5, 0.6) is 0 Å². The number of amides is 4. The number of carbonyl (C=O) groups excluding carboxylic acids is 3. The molecule has 7 nitrogen and oxygen atoms in total. The van der Waals surface area contributed by atoms with Crippen LogP contribution in [0.4, 0.5) is 4.79 Å². The third kappa shape index (κ3) is 5.31. The normalized spacial score (nSPS) is 20.8. The van der Waals surface area contributed by atoms with Crippen LogP contribution in [0, 0.1) is 19.8 Å². The highest BCUT2D eigenvalue weighted by Gasteiger charge is 2.55. The van der Waals surface area contributed by atoms with Crippen molar-refractivity contribution in [2.45, 2.75) is 45.1 Å². The van der Waals surface area contributed by atoms with Crippen LogP contribution in [0.25, 0.3) is 0 Å². The molecule has 2 fully saturated rings. The van der Waals surface area contributed by atoms with Gasteiger partial charge in [0.2, 0.25) is 0 Å². The van der Waals surface area contributed by atoms with E-state index >= 15 is 0 Å². The van der Waals surface area contributed by atoms with E-state index in [1.165, 1.54) is 4.90 Å². The Morgan fingerprint density at radius 1 is 1.06 bits per heavy atom. The van der Waals surface area contributed by atoms with E-state index in [1.54, 1.807) is 0 Å². The standard InChI is InChI=1S/C29H38N4O3/c1-21-10-11-22(2)25(20-21)26(34)32-16-13-24(14-17-32)29(15-12-23-8-6-5-7-9-23)27(35)33(28(36)30-29)19-18-31(3)4/h5-11,20,24H,12-19H2,1-4H3,(H,30,36)/t29-/m1/s1. The molecule has 0 spiro atoms. The summed E-state index contributed by atoms with van der Waals surface area (Å²) in [5, 5.41) is 3.14. The molecular formula is C29H38N4O3. The fourth-order valence-electron chi connectivity index (χ4n) is 5.50. The Morgan fingerprint density at radius 3 is 2.42 bits per heavy atom. The molecule has 0 radical (unpaired) electrons. The molecule has 0 aliphatic carbocycles. The SMILES string of the molecule is Cc1ccc(C)c(C(=O)N2CCC([C@@]3(CCc4ccccc4)NC(=O)N(CCN(C)C)C3=O)CC2)c1. The summed E-state index contributed by atoms with van der Waals surface area (Å²) in [6.07, 6.45) is 2.61. The second-order valence-corrected chi connectivity index (χ2v) is 10.5. The largest absolute Gasteiger partial charge is 0.339 e. The van der Waals surface area contributed by atoms with E-state index in [2.05, 4.69) is 17.4 Å². The first-order chi connectivity index (χ1) is 17.2. The summed E-state index contributed by atoms with van der Waals surface area (Å²) in [7, 11) is 3.87. The number of carbonyl (C=O) groups is 3. The molecule has 2 aromatic carbocycles. The third-order valence-corrected chi connectivity index (χ3v) is 7.73. The maximum absolute atomic E-state index is 13.8. The molecule has 2 aliphatic heterocycles. The summed E-state index contributed by atoms with van der Waals surface area (Å²) in [4.78, 5) is 45.4. The molecule has 0 unspecified atom stereocenters. The molecule has 0 saturated carbocycles. The number of hydrogen-bond acceptors (Lipinski definition) is 4. The van der Waals surface area contributed by atoms with Gasteiger partial charge in [-0.2, -0.15) is 0 Å². The molecule has 2 heterocycles. The van der Waals surface area contributed by atoms with Crippen LogP contribution in [-0.2, 0) is 11.2 Å². The third-order valence-electron chi connectivity index (χ3n) is 7.73. The van der Waals surface area contributed by atoms with E-state index in [9.17, 15) is 14.4 Å². The lowest BCUT2D eigenvalue weighted by Gasteiger charge is -2.41. The number of likely N-dealkylation sites (tertiary alicyclic amines) is 1. The van der Waals surface area contributed by atoms with Crippen molar-refractivity contribution in [2.75, 3.05) is 40.3 Å². The van der Waals surface area contributed by atoms with E-state index in [0.717, 1.165) is 22.3 Å². The molecule has 0 bridgehead atoms. The molecular weight excluding hydrogens is 452 g/mol. The maximum atomic E-state index is 13.8. The summed E-state index contributed by atoms with van der Waals surface area (Å²) in [5.41, 5.74) is 2.99. The number of hydrogen-bond donors (Lipinski definition) is 1. The zero-order chi connectivity index (χ0) is 25.9. The first-order valence-electron chi connectivity index (χ1n) is 12.9. The van der Waals surface area contributed by atoms with Crippen LogP contribution in [-0.4, -0.2) is 78.4 Å². The van der Waals surface area contributed by atoms with Gasteiger partial charge in [0.05, 0.1) is 0 Å². The number of nitrogens with zero attached hydrogens (tertiary/aromatic N) is 3. The Bertz CT molecular complexity index is 1110. The minimum absolute atomic E-state index is 0.0234. The van der Waals surface area contributed by atoms with Gasteiger partial charge in [-0.1, -0.05) is 48.0 Å². The molecule has 2 aromatic rings. The topological polar surface area (TPSA) is 73.0 Å². The Hall–Kier alpha value is -3.19. The highest BCUT2D eigenvalue weighted by atomic mass is 16.2. The van der Waals surface area contributed by atoms with E-state index in [4.69, 9.17) is 0 Å². The van der Waals surface area contributed by atoms with Gasteiger partial charge in [0.1, 0.15) is 5.54 Å². The molecule has 0 aromatic heterocycles. The molecule has 4 rings (SSSR count). The van der Waals surface area contributed by atoms with Crippen molar-refractivity contribution in [1.82, 2.24) is 20.0 Å². The number of imide groups is 1. The van der Waals surface area contributed by atoms with Gasteiger partial charge in [-0.15, -0.1) is 0 Å². The van der Waals surface area contributed by atoms with Crippen molar-refractivity contribution < 1.29 is 14.4 Å². The lowest BCUT2D eigenvalue weighted by molar-refractivity contribution is -0.134. The van der Waals surface area contributed by atoms with Crippen LogP contribution < -0.4 is 5.32 Å². The highest BCUT2D eigenvalue weighted by molar-refractivity contribution is 6.07. The fourth-order valence-corrected chi connectivity index (χ4v) is 5.50. The van der Waals surface area contributed by atoms with E-state index in [1.807, 2.05) is 74.1 Å². The zero-order valence-corrected chi connectivity index (χ0v) is 21.9. The number of rotatable bonds is 8. The highest BCUT2D eigenvalue weighted by Crippen LogP contribution is 2.37. The summed E-state index contributed by atoms with van der Waals surface area (Å²) in [5.74, 6) is -0.100. The summed E-state index contributed by atoms with van der Waals surface area (Å²) < 4.78 is 0. The minimum Gasteiger partial charge on any atom is -0.339 e. The quantitative estimate of drug-likeness (QED) is 0.574. The van der Waals surface area contributed by atoms with Crippen LogP contribution in [0.3, 0.4) is 0 Å². The minimum atomic E-state index is -0.937. The second-order valence-electron chi connectivity index (χ2n) is 10.5. The van der Waals surface area contributed by atoms with E-state index in [0.29, 0.717) is 51.9 Å². The first kappa shape index (κ1) is 25.9. The number of likely N-dealkylation sites (N-methyl/N-ethyl adjacent to an activating group) is 1. The van der Waals surface area contributed by atoms with Crippen LogP contribution in [0.15, 0.2) is 48.5 Å². The lowest BCUT2D eigenvalue weighted by atomic mass is 9.74. The van der Waals surface area contributed by atoms with Gasteiger partial charge >= 0.3 is 6.03 Å².